The molecule has 1 N–H and O–H groups in total. The van der Waals surface area contributed by atoms with Gasteiger partial charge < -0.3 is 4.94 Å². The number of hydrogen-bond donors (Lipinski definition) is 1. The lowest BCUT2D eigenvalue weighted by molar-refractivity contribution is -0.000781. The second-order valence-corrected chi connectivity index (χ2v) is 4.96. The van der Waals surface area contributed by atoms with E-state index in [4.69, 9.17) is 4.94 Å². The Labute approximate surface area is 131 Å². The van der Waals surface area contributed by atoms with Gasteiger partial charge in [-0.15, -0.1) is 10.6 Å². The van der Waals surface area contributed by atoms with Gasteiger partial charge in [0.2, 0.25) is 0 Å². The number of hydrogen-bond acceptors (Lipinski definition) is 4. The minimum atomic E-state index is -0.668. The van der Waals surface area contributed by atoms with E-state index >= 15 is 0 Å². The number of pyridine rings is 1. The molecule has 0 aliphatic heterocycles. The molecule has 0 amide bonds. The number of hydroxylamine groups is 1. The number of benzene rings is 1. The van der Waals surface area contributed by atoms with Crippen molar-refractivity contribution in [2.75, 3.05) is 0 Å². The maximum Gasteiger partial charge on any atom is 0.135 e. The van der Waals surface area contributed by atoms with Gasteiger partial charge >= 0.3 is 0 Å². The molecule has 7 heteroatoms. The Morgan fingerprint density at radius 3 is 2.83 bits per heavy atom. The van der Waals surface area contributed by atoms with E-state index in [-0.39, 0.29) is 12.1 Å². The molecule has 118 valence electrons. The largest absolute Gasteiger partial charge is 0.301 e. The van der Waals surface area contributed by atoms with E-state index in [9.17, 15) is 8.78 Å². The van der Waals surface area contributed by atoms with Crippen LogP contribution in [-0.2, 0) is 6.54 Å². The highest BCUT2D eigenvalue weighted by atomic mass is 19.1. The molecule has 3 rings (SSSR count). The van der Waals surface area contributed by atoms with Crippen LogP contribution in [-0.4, -0.2) is 14.9 Å². The number of rotatable bonds is 5. The van der Waals surface area contributed by atoms with Gasteiger partial charge in [-0.2, -0.15) is 0 Å². The molecule has 3 aromatic rings. The fraction of sp³-hybridized carbons (Fsp3) is 0.125. The smallest absolute Gasteiger partial charge is 0.135 e. The summed E-state index contributed by atoms with van der Waals surface area (Å²) in [5, 5.41) is 3.85. The minimum Gasteiger partial charge on any atom is -0.301 e. The average Bonchev–Trinajstić information content (AvgIpc) is 3.00. The molecule has 0 aliphatic rings. The summed E-state index contributed by atoms with van der Waals surface area (Å²) >= 11 is 0. The lowest BCUT2D eigenvalue weighted by Gasteiger charge is -2.12. The van der Waals surface area contributed by atoms with Crippen molar-refractivity contribution in [3.05, 3.63) is 71.7 Å². The van der Waals surface area contributed by atoms with Gasteiger partial charge in [0, 0.05) is 17.8 Å². The Morgan fingerprint density at radius 2 is 2.09 bits per heavy atom. The van der Waals surface area contributed by atoms with Crippen molar-refractivity contribution in [1.29, 1.82) is 0 Å². The fourth-order valence-corrected chi connectivity index (χ4v) is 2.21. The molecule has 0 aliphatic carbocycles. The second kappa shape index (κ2) is 6.53. The Hall–Kier alpha value is -2.80. The van der Waals surface area contributed by atoms with Crippen molar-refractivity contribution in [2.45, 2.75) is 13.5 Å². The van der Waals surface area contributed by atoms with Gasteiger partial charge in [0.05, 0.1) is 24.6 Å². The third-order valence-electron chi connectivity index (χ3n) is 3.21. The van der Waals surface area contributed by atoms with Gasteiger partial charge in [0.1, 0.15) is 11.6 Å². The van der Waals surface area contributed by atoms with Crippen molar-refractivity contribution in [3.63, 3.8) is 0 Å². The number of nitrogens with one attached hydrogen (secondary N) is 1. The average molecular weight is 316 g/mol. The van der Waals surface area contributed by atoms with Gasteiger partial charge in [0.25, 0.3) is 0 Å². The molecule has 0 bridgehead atoms. The van der Waals surface area contributed by atoms with Crippen LogP contribution in [0.1, 0.15) is 11.1 Å². The third kappa shape index (κ3) is 3.51. The zero-order valence-electron chi connectivity index (χ0n) is 12.3. The number of nitrogens with zero attached hydrogens (tertiary/aromatic N) is 3. The summed E-state index contributed by atoms with van der Waals surface area (Å²) in [5.41, 5.74) is 4.64. The summed E-state index contributed by atoms with van der Waals surface area (Å²) in [7, 11) is 0. The zero-order chi connectivity index (χ0) is 16.2. The first-order valence-corrected chi connectivity index (χ1v) is 6.94. The van der Waals surface area contributed by atoms with Gasteiger partial charge in [-0.05, 0) is 42.3 Å². The number of aromatic nitrogens is 3. The maximum atomic E-state index is 14.3. The van der Waals surface area contributed by atoms with E-state index in [0.717, 1.165) is 11.6 Å². The first kappa shape index (κ1) is 15.1. The Kier molecular flexibility index (Phi) is 4.29. The topological polar surface area (TPSA) is 52.0 Å². The van der Waals surface area contributed by atoms with Crippen LogP contribution in [0.2, 0.25) is 0 Å². The van der Waals surface area contributed by atoms with Crippen LogP contribution in [0.4, 0.5) is 8.78 Å². The van der Waals surface area contributed by atoms with E-state index in [1.165, 1.54) is 10.9 Å². The number of aryl methyl sites for hydroxylation is 1. The standard InChI is InChI=1S/C16H14F2N4O/c1-11-3-5-19-15(7-11)16-12(8-13(17)9-14(16)18)10-21-23-22-6-2-4-20-22/h2-9,21H,10H2,1H3. The summed E-state index contributed by atoms with van der Waals surface area (Å²) in [6, 6.07) is 7.34. The molecule has 0 unspecified atom stereocenters. The molecule has 2 aromatic heterocycles. The van der Waals surface area contributed by atoms with Crippen molar-refractivity contribution in [1.82, 2.24) is 20.4 Å². The van der Waals surface area contributed by atoms with Crippen LogP contribution < -0.4 is 10.4 Å². The monoisotopic (exact) mass is 316 g/mol. The summed E-state index contributed by atoms with van der Waals surface area (Å²) < 4.78 is 27.8. The summed E-state index contributed by atoms with van der Waals surface area (Å²) in [6.45, 7) is 1.96. The molecule has 0 saturated carbocycles. The zero-order valence-corrected chi connectivity index (χ0v) is 12.3. The van der Waals surface area contributed by atoms with E-state index in [1.54, 1.807) is 30.7 Å². The Balaban J connectivity index is 1.89. The van der Waals surface area contributed by atoms with Gasteiger partial charge in [0.15, 0.2) is 0 Å². The molecule has 0 fully saturated rings. The molecule has 2 heterocycles. The minimum absolute atomic E-state index is 0.0828. The molecule has 1 aromatic carbocycles. The normalized spacial score (nSPS) is 10.7. The molecule has 23 heavy (non-hydrogen) atoms. The summed E-state index contributed by atoms with van der Waals surface area (Å²) in [6.07, 6.45) is 4.72. The number of halogens is 2. The Morgan fingerprint density at radius 1 is 1.22 bits per heavy atom. The van der Waals surface area contributed by atoms with Crippen LogP contribution in [0.15, 0.2) is 48.9 Å². The predicted molar refractivity (Wildman–Crippen MR) is 80.0 cm³/mol. The summed E-state index contributed by atoms with van der Waals surface area (Å²) in [5.74, 6) is -1.33. The Bertz CT molecular complexity index is 806. The molecular formula is C16H14F2N4O. The van der Waals surface area contributed by atoms with Crippen molar-refractivity contribution < 1.29 is 13.7 Å². The SMILES string of the molecule is Cc1ccnc(-c2c(F)cc(F)cc2CNOn2cccn2)c1. The molecule has 0 saturated heterocycles. The predicted octanol–water partition coefficient (Wildman–Crippen LogP) is 2.67. The van der Waals surface area contributed by atoms with E-state index < -0.39 is 11.6 Å². The highest BCUT2D eigenvalue weighted by Gasteiger charge is 2.15. The highest BCUT2D eigenvalue weighted by Crippen LogP contribution is 2.27. The van der Waals surface area contributed by atoms with Gasteiger partial charge in [-0.25, -0.2) is 8.78 Å². The molecule has 0 radical (unpaired) electrons. The third-order valence-corrected chi connectivity index (χ3v) is 3.21. The molecular weight excluding hydrogens is 302 g/mol. The molecule has 0 atom stereocenters. The van der Waals surface area contributed by atoms with Gasteiger partial charge in [-0.1, -0.05) is 4.85 Å². The van der Waals surface area contributed by atoms with Crippen molar-refractivity contribution >= 4 is 0 Å². The lowest BCUT2D eigenvalue weighted by Crippen LogP contribution is -2.27. The van der Waals surface area contributed by atoms with Crippen LogP contribution >= 0.6 is 0 Å². The first-order valence-electron chi connectivity index (χ1n) is 6.94. The lowest BCUT2D eigenvalue weighted by atomic mass is 10.0. The van der Waals surface area contributed by atoms with E-state index in [1.807, 2.05) is 13.0 Å². The van der Waals surface area contributed by atoms with Crippen molar-refractivity contribution in [3.8, 4) is 11.3 Å². The fourth-order valence-electron chi connectivity index (χ4n) is 2.21. The van der Waals surface area contributed by atoms with Gasteiger partial charge in [-0.3, -0.25) is 4.98 Å². The van der Waals surface area contributed by atoms with E-state index in [0.29, 0.717) is 11.3 Å². The van der Waals surface area contributed by atoms with E-state index in [2.05, 4.69) is 15.6 Å². The molecule has 0 spiro atoms. The summed E-state index contributed by atoms with van der Waals surface area (Å²) in [4.78, 5) is 10.5. The highest BCUT2D eigenvalue weighted by molar-refractivity contribution is 5.65. The van der Waals surface area contributed by atoms with Crippen LogP contribution in [0.3, 0.4) is 0 Å². The molecule has 5 nitrogen and oxygen atoms in total. The van der Waals surface area contributed by atoms with Crippen LogP contribution in [0.5, 0.6) is 0 Å². The van der Waals surface area contributed by atoms with Crippen LogP contribution in [0, 0.1) is 18.6 Å². The van der Waals surface area contributed by atoms with Crippen molar-refractivity contribution in [2.24, 2.45) is 0 Å². The quantitative estimate of drug-likeness (QED) is 0.735. The second-order valence-electron chi connectivity index (χ2n) is 4.96. The maximum absolute atomic E-state index is 14.3. The van der Waals surface area contributed by atoms with Crippen LogP contribution in [0.25, 0.3) is 11.3 Å². The first-order chi connectivity index (χ1) is 11.1.